The molecule has 6 heteroatoms. The van der Waals surface area contributed by atoms with Crippen LogP contribution >= 0.6 is 0 Å². The first-order valence-electron chi connectivity index (χ1n) is 10.8. The fourth-order valence-electron chi connectivity index (χ4n) is 5.32. The lowest BCUT2D eigenvalue weighted by Crippen LogP contribution is -2.66. The number of piperazine rings is 1. The first-order valence-corrected chi connectivity index (χ1v) is 10.8. The Morgan fingerprint density at radius 3 is 2.25 bits per heavy atom. The summed E-state index contributed by atoms with van der Waals surface area (Å²) in [6, 6.07) is 3.76. The number of piperidine rings is 2. The van der Waals surface area contributed by atoms with E-state index in [9.17, 15) is 14.0 Å². The average Bonchev–Trinajstić information content (AvgIpc) is 3.06. The number of alkyl halides is 1. The van der Waals surface area contributed by atoms with E-state index in [1.54, 1.807) is 4.90 Å². The van der Waals surface area contributed by atoms with Crippen molar-refractivity contribution in [3.63, 3.8) is 0 Å². The van der Waals surface area contributed by atoms with E-state index in [1.165, 1.54) is 6.42 Å². The van der Waals surface area contributed by atoms with Gasteiger partial charge in [0.15, 0.2) is 6.17 Å². The lowest BCUT2D eigenvalue weighted by Gasteiger charge is -2.51. The van der Waals surface area contributed by atoms with E-state index < -0.39 is 6.17 Å². The number of nitrogens with zero attached hydrogens (tertiary/aromatic N) is 3. The lowest BCUT2D eigenvalue weighted by atomic mass is 9.85. The minimum atomic E-state index is -1.39. The molecule has 1 aliphatic carbocycles. The van der Waals surface area contributed by atoms with Crippen LogP contribution in [0.1, 0.15) is 67.5 Å². The fourth-order valence-corrected chi connectivity index (χ4v) is 5.32. The number of aromatic nitrogens is 1. The van der Waals surface area contributed by atoms with Gasteiger partial charge in [0, 0.05) is 37.9 Å². The van der Waals surface area contributed by atoms with Gasteiger partial charge in [-0.05, 0) is 44.2 Å². The number of rotatable bonds is 4. The Morgan fingerprint density at radius 1 is 1.04 bits per heavy atom. The average molecular weight is 390 g/mol. The van der Waals surface area contributed by atoms with E-state index in [0.29, 0.717) is 31.1 Å². The molecule has 5 nitrogen and oxygen atoms in total. The van der Waals surface area contributed by atoms with Crippen molar-refractivity contribution in [2.24, 2.45) is 13.0 Å². The van der Waals surface area contributed by atoms with Crippen LogP contribution in [0.4, 0.5) is 4.39 Å². The molecule has 1 aromatic heterocycles. The van der Waals surface area contributed by atoms with Gasteiger partial charge in [0.2, 0.25) is 0 Å². The quantitative estimate of drug-likeness (QED) is 0.792. The number of aryl methyl sites for hydroxylation is 1. The van der Waals surface area contributed by atoms with E-state index >= 15 is 0 Å². The molecule has 0 radical (unpaired) electrons. The molecule has 0 aromatic carbocycles. The first-order chi connectivity index (χ1) is 13.5. The summed E-state index contributed by atoms with van der Waals surface area (Å²) in [6.07, 6.45) is 6.41. The standard InChI is InChI=1S/C22H32FN3O2/c1-15-8-11-20(24(15)2)22(28)26-14-17-9-10-18(26)13-25(17)21(27)19(23)12-16-6-4-3-5-7-16/h8,11,16-19H,3-7,9-10,12-14H2,1-2H3. The number of fused-ring (bicyclic) bond motifs is 3. The molecule has 0 N–H and O–H groups in total. The number of hydrogen-bond acceptors (Lipinski definition) is 2. The Hall–Kier alpha value is -1.85. The van der Waals surface area contributed by atoms with Crippen LogP contribution in [-0.4, -0.2) is 57.5 Å². The van der Waals surface area contributed by atoms with Crippen molar-refractivity contribution in [2.75, 3.05) is 13.1 Å². The Bertz CT molecular complexity index is 740. The second-order valence-electron chi connectivity index (χ2n) is 8.96. The SMILES string of the molecule is Cc1ccc(C(=O)N2CC3CCC2CN3C(=O)C(F)CC2CCCCC2)n1C. The van der Waals surface area contributed by atoms with Gasteiger partial charge in [-0.1, -0.05) is 32.1 Å². The smallest absolute Gasteiger partial charge is 0.270 e. The molecule has 1 aromatic rings. The van der Waals surface area contributed by atoms with Gasteiger partial charge in [0.25, 0.3) is 11.8 Å². The first kappa shape index (κ1) is 19.5. The molecule has 3 saturated heterocycles. The summed E-state index contributed by atoms with van der Waals surface area (Å²) in [5.74, 6) is 0.0341. The topological polar surface area (TPSA) is 45.6 Å². The van der Waals surface area contributed by atoms with E-state index in [0.717, 1.165) is 44.2 Å². The van der Waals surface area contributed by atoms with Gasteiger partial charge in [-0.25, -0.2) is 4.39 Å². The summed E-state index contributed by atoms with van der Waals surface area (Å²) in [4.78, 5) is 29.5. The van der Waals surface area contributed by atoms with Gasteiger partial charge in [-0.15, -0.1) is 0 Å². The molecule has 3 atom stereocenters. The molecule has 5 rings (SSSR count). The molecule has 154 valence electrons. The number of amides is 2. The van der Waals surface area contributed by atoms with Crippen molar-refractivity contribution < 1.29 is 14.0 Å². The highest BCUT2D eigenvalue weighted by atomic mass is 19.1. The highest BCUT2D eigenvalue weighted by Crippen LogP contribution is 2.33. The number of carbonyl (C=O) groups excluding carboxylic acids is 2. The van der Waals surface area contributed by atoms with Gasteiger partial charge in [-0.3, -0.25) is 9.59 Å². The Balaban J connectivity index is 1.40. The van der Waals surface area contributed by atoms with Crippen LogP contribution in [0.5, 0.6) is 0 Å². The molecular weight excluding hydrogens is 357 g/mol. The van der Waals surface area contributed by atoms with E-state index in [4.69, 9.17) is 0 Å². The maximum Gasteiger partial charge on any atom is 0.270 e. The van der Waals surface area contributed by atoms with Crippen LogP contribution in [0.15, 0.2) is 12.1 Å². The zero-order valence-corrected chi connectivity index (χ0v) is 17.1. The maximum absolute atomic E-state index is 14.8. The van der Waals surface area contributed by atoms with Gasteiger partial charge >= 0.3 is 0 Å². The third-order valence-corrected chi connectivity index (χ3v) is 7.20. The van der Waals surface area contributed by atoms with Crippen LogP contribution in [0, 0.1) is 12.8 Å². The van der Waals surface area contributed by atoms with Crippen LogP contribution in [-0.2, 0) is 11.8 Å². The van der Waals surface area contributed by atoms with Crippen LogP contribution in [0.2, 0.25) is 0 Å². The van der Waals surface area contributed by atoms with Gasteiger partial charge < -0.3 is 14.4 Å². The Labute approximate surface area is 166 Å². The second-order valence-corrected chi connectivity index (χ2v) is 8.96. The monoisotopic (exact) mass is 389 g/mol. The van der Waals surface area contributed by atoms with Gasteiger partial charge in [0.1, 0.15) is 5.69 Å². The lowest BCUT2D eigenvalue weighted by molar-refractivity contribution is -0.146. The molecular formula is C22H32FN3O2. The van der Waals surface area contributed by atoms with Crippen LogP contribution in [0.3, 0.4) is 0 Å². The molecule has 2 amide bonds. The fraction of sp³-hybridized carbons (Fsp3) is 0.727. The minimum absolute atomic E-state index is 0.00135. The van der Waals surface area contributed by atoms with Crippen molar-refractivity contribution in [2.45, 2.75) is 76.5 Å². The van der Waals surface area contributed by atoms with E-state index in [1.807, 2.05) is 35.6 Å². The van der Waals surface area contributed by atoms with Crippen molar-refractivity contribution in [3.05, 3.63) is 23.5 Å². The number of carbonyl (C=O) groups is 2. The zero-order valence-electron chi connectivity index (χ0n) is 17.1. The highest BCUT2D eigenvalue weighted by Gasteiger charge is 2.45. The molecule has 4 aliphatic rings. The summed E-state index contributed by atoms with van der Waals surface area (Å²) in [6.45, 7) is 2.98. The van der Waals surface area contributed by atoms with Crippen molar-refractivity contribution >= 4 is 11.8 Å². The normalized spacial score (nSPS) is 26.5. The molecule has 4 heterocycles. The second kappa shape index (κ2) is 7.88. The Kier molecular flexibility index (Phi) is 5.48. The predicted octanol–water partition coefficient (Wildman–Crippen LogP) is 3.46. The van der Waals surface area contributed by atoms with E-state index in [-0.39, 0.29) is 23.9 Å². The van der Waals surface area contributed by atoms with Crippen LogP contribution in [0.25, 0.3) is 0 Å². The summed E-state index contributed by atoms with van der Waals surface area (Å²) in [5.41, 5.74) is 1.73. The largest absolute Gasteiger partial charge is 0.344 e. The maximum atomic E-state index is 14.8. The molecule has 3 unspecified atom stereocenters. The summed E-state index contributed by atoms with van der Waals surface area (Å²) in [7, 11) is 1.90. The van der Waals surface area contributed by atoms with Crippen LogP contribution < -0.4 is 0 Å². The number of halogens is 1. The Morgan fingerprint density at radius 2 is 1.68 bits per heavy atom. The molecule has 2 bridgehead atoms. The molecule has 1 saturated carbocycles. The highest BCUT2D eigenvalue weighted by molar-refractivity contribution is 5.93. The summed E-state index contributed by atoms with van der Waals surface area (Å²) >= 11 is 0. The van der Waals surface area contributed by atoms with Gasteiger partial charge in [0.05, 0.1) is 0 Å². The number of hydrogen-bond donors (Lipinski definition) is 0. The minimum Gasteiger partial charge on any atom is -0.344 e. The third kappa shape index (κ3) is 3.58. The molecule has 3 aliphatic heterocycles. The van der Waals surface area contributed by atoms with Crippen molar-refractivity contribution in [3.8, 4) is 0 Å². The zero-order chi connectivity index (χ0) is 19.8. The summed E-state index contributed by atoms with van der Waals surface area (Å²) < 4.78 is 16.7. The summed E-state index contributed by atoms with van der Waals surface area (Å²) in [5, 5.41) is 0. The van der Waals surface area contributed by atoms with Crippen molar-refractivity contribution in [1.29, 1.82) is 0 Å². The molecule has 4 fully saturated rings. The predicted molar refractivity (Wildman–Crippen MR) is 106 cm³/mol. The van der Waals surface area contributed by atoms with Crippen molar-refractivity contribution in [1.82, 2.24) is 14.4 Å². The van der Waals surface area contributed by atoms with Gasteiger partial charge in [-0.2, -0.15) is 0 Å². The third-order valence-electron chi connectivity index (χ3n) is 7.20. The van der Waals surface area contributed by atoms with E-state index in [2.05, 4.69) is 0 Å². The molecule has 0 spiro atoms. The molecule has 28 heavy (non-hydrogen) atoms.